The molecule has 136 valence electrons. The molecule has 7 nitrogen and oxygen atoms in total. The molecule has 0 saturated carbocycles. The fraction of sp³-hybridized carbons (Fsp3) is 0.615. The molecule has 1 saturated heterocycles. The Morgan fingerprint density at radius 3 is 3.00 bits per heavy atom. The first-order chi connectivity index (χ1) is 11.9. The van der Waals surface area contributed by atoms with Crippen LogP contribution in [0.25, 0.3) is 0 Å². The number of likely N-dealkylation sites (tertiary alicyclic amines) is 1. The summed E-state index contributed by atoms with van der Waals surface area (Å²) in [4.78, 5) is 18.4. The maximum Gasteiger partial charge on any atom is 0.408 e. The zero-order chi connectivity index (χ0) is 17.9. The van der Waals surface area contributed by atoms with Crippen LogP contribution in [0, 0.1) is 0 Å². The van der Waals surface area contributed by atoms with E-state index < -0.39 is 12.7 Å². The molecule has 0 aromatic carbocycles. The van der Waals surface area contributed by atoms with E-state index in [9.17, 15) is 18.0 Å². The van der Waals surface area contributed by atoms with Crippen LogP contribution in [0.4, 0.5) is 13.2 Å². The summed E-state index contributed by atoms with van der Waals surface area (Å²) < 4.78 is 38.0. The summed E-state index contributed by atoms with van der Waals surface area (Å²) in [6.07, 6.45) is -0.805. The molecule has 25 heavy (non-hydrogen) atoms. The van der Waals surface area contributed by atoms with E-state index in [4.69, 9.17) is 0 Å². The number of carbonyl (C=O) groups excluding carboxylic acids is 1. The smallest absolute Gasteiger partial charge is 0.341 e. The van der Waals surface area contributed by atoms with Crippen molar-refractivity contribution >= 4 is 29.0 Å². The van der Waals surface area contributed by atoms with E-state index in [-0.39, 0.29) is 22.7 Å². The summed E-state index contributed by atoms with van der Waals surface area (Å²) in [6.45, 7) is -0.0402. The van der Waals surface area contributed by atoms with Gasteiger partial charge in [-0.25, -0.2) is 9.67 Å². The Hall–Kier alpha value is -1.69. The Bertz CT molecular complexity index is 705. The Kier molecular flexibility index (Phi) is 5.57. The zero-order valence-electron chi connectivity index (χ0n) is 13.0. The van der Waals surface area contributed by atoms with Crippen LogP contribution < -0.4 is 0 Å². The molecule has 0 radical (unpaired) electrons. The third kappa shape index (κ3) is 4.91. The molecule has 0 bridgehead atoms. The number of alkyl halides is 3. The number of rotatable bonds is 5. The lowest BCUT2D eigenvalue weighted by molar-refractivity contribution is -0.144. The first-order valence-corrected chi connectivity index (χ1v) is 9.42. The molecule has 12 heteroatoms. The fourth-order valence-electron chi connectivity index (χ4n) is 2.63. The number of thioether (sulfide) groups is 1. The van der Waals surface area contributed by atoms with Gasteiger partial charge >= 0.3 is 6.18 Å². The van der Waals surface area contributed by atoms with Gasteiger partial charge in [-0.1, -0.05) is 11.8 Å². The van der Waals surface area contributed by atoms with Crippen molar-refractivity contribution in [2.75, 3.05) is 18.8 Å². The molecule has 3 rings (SSSR count). The summed E-state index contributed by atoms with van der Waals surface area (Å²) >= 11 is 2.49. The third-order valence-electron chi connectivity index (χ3n) is 3.73. The quantitative estimate of drug-likeness (QED) is 0.726. The normalized spacial score (nSPS) is 18.5. The van der Waals surface area contributed by atoms with Crippen molar-refractivity contribution in [3.63, 3.8) is 0 Å². The van der Waals surface area contributed by atoms with Gasteiger partial charge in [0.25, 0.3) is 0 Å². The van der Waals surface area contributed by atoms with Gasteiger partial charge in [0.15, 0.2) is 0 Å². The highest BCUT2D eigenvalue weighted by Gasteiger charge is 2.31. The molecule has 0 spiro atoms. The molecule has 0 N–H and O–H groups in total. The Morgan fingerprint density at radius 2 is 2.28 bits per heavy atom. The molecule has 1 amide bonds. The number of tetrazole rings is 1. The van der Waals surface area contributed by atoms with Crippen LogP contribution in [0.5, 0.6) is 0 Å². The van der Waals surface area contributed by atoms with Crippen molar-refractivity contribution in [2.24, 2.45) is 0 Å². The highest BCUT2D eigenvalue weighted by molar-refractivity contribution is 7.99. The molecule has 1 aliphatic heterocycles. The van der Waals surface area contributed by atoms with Crippen molar-refractivity contribution in [1.29, 1.82) is 0 Å². The number of aromatic nitrogens is 5. The highest BCUT2D eigenvalue weighted by Crippen LogP contribution is 2.29. The number of hydrogen-bond donors (Lipinski definition) is 0. The second kappa shape index (κ2) is 7.68. The van der Waals surface area contributed by atoms with Gasteiger partial charge in [0, 0.05) is 30.6 Å². The number of carbonyl (C=O) groups is 1. The van der Waals surface area contributed by atoms with Gasteiger partial charge in [0.2, 0.25) is 11.1 Å². The van der Waals surface area contributed by atoms with Crippen LogP contribution in [0.3, 0.4) is 0 Å². The number of nitrogens with zero attached hydrogens (tertiary/aromatic N) is 6. The maximum atomic E-state index is 12.5. The SMILES string of the molecule is O=C(CSc1nnnn1CC(F)(F)F)N1CCCC(c2nccs2)C1. The summed E-state index contributed by atoms with van der Waals surface area (Å²) in [5.41, 5.74) is 0. The lowest BCUT2D eigenvalue weighted by Gasteiger charge is -2.31. The second-order valence-electron chi connectivity index (χ2n) is 5.57. The molecule has 0 aliphatic carbocycles. The molecule has 1 fully saturated rings. The van der Waals surface area contributed by atoms with Gasteiger partial charge < -0.3 is 4.90 Å². The monoisotopic (exact) mass is 392 g/mol. The first-order valence-electron chi connectivity index (χ1n) is 7.55. The topological polar surface area (TPSA) is 76.8 Å². The average molecular weight is 392 g/mol. The van der Waals surface area contributed by atoms with E-state index in [1.807, 2.05) is 5.38 Å². The van der Waals surface area contributed by atoms with Crippen LogP contribution in [0.1, 0.15) is 23.8 Å². The molecule has 1 atom stereocenters. The summed E-state index contributed by atoms with van der Waals surface area (Å²) in [7, 11) is 0. The maximum absolute atomic E-state index is 12.5. The van der Waals surface area contributed by atoms with E-state index in [0.717, 1.165) is 29.6 Å². The summed E-state index contributed by atoms with van der Waals surface area (Å²) in [5, 5.41) is 13.0. The van der Waals surface area contributed by atoms with Gasteiger partial charge in [-0.2, -0.15) is 13.2 Å². The van der Waals surface area contributed by atoms with Crippen LogP contribution in [0.15, 0.2) is 16.7 Å². The van der Waals surface area contributed by atoms with Crippen molar-refractivity contribution in [2.45, 2.75) is 36.6 Å². The molecular formula is C13H15F3N6OS2. The number of hydrogen-bond acceptors (Lipinski definition) is 7. The third-order valence-corrected chi connectivity index (χ3v) is 5.61. The Labute approximate surface area is 149 Å². The van der Waals surface area contributed by atoms with Crippen molar-refractivity contribution in [1.82, 2.24) is 30.1 Å². The van der Waals surface area contributed by atoms with Crippen LogP contribution in [-0.4, -0.2) is 61.0 Å². The molecular weight excluding hydrogens is 377 g/mol. The predicted molar refractivity (Wildman–Crippen MR) is 85.3 cm³/mol. The van der Waals surface area contributed by atoms with Crippen molar-refractivity contribution < 1.29 is 18.0 Å². The van der Waals surface area contributed by atoms with Crippen molar-refractivity contribution in [3.8, 4) is 0 Å². The summed E-state index contributed by atoms with van der Waals surface area (Å²) in [5.74, 6) is 0.0917. The minimum atomic E-state index is -4.41. The predicted octanol–water partition coefficient (Wildman–Crippen LogP) is 2.19. The lowest BCUT2D eigenvalue weighted by atomic mass is 9.99. The zero-order valence-corrected chi connectivity index (χ0v) is 14.6. The minimum Gasteiger partial charge on any atom is -0.341 e. The van der Waals surface area contributed by atoms with Gasteiger partial charge in [-0.05, 0) is 23.3 Å². The van der Waals surface area contributed by atoms with E-state index in [2.05, 4.69) is 20.5 Å². The summed E-state index contributed by atoms with van der Waals surface area (Å²) in [6, 6.07) is 0. The van der Waals surface area contributed by atoms with Gasteiger partial charge in [-0.15, -0.1) is 16.4 Å². The first kappa shape index (κ1) is 18.1. The van der Waals surface area contributed by atoms with E-state index in [1.165, 1.54) is 0 Å². The van der Waals surface area contributed by atoms with Gasteiger partial charge in [0.1, 0.15) is 6.54 Å². The van der Waals surface area contributed by atoms with Crippen LogP contribution in [0.2, 0.25) is 0 Å². The average Bonchev–Trinajstić information content (AvgIpc) is 3.23. The lowest BCUT2D eigenvalue weighted by Crippen LogP contribution is -2.40. The Balaban J connectivity index is 1.55. The number of piperidine rings is 1. The van der Waals surface area contributed by atoms with Crippen LogP contribution in [-0.2, 0) is 11.3 Å². The number of thiazole rings is 1. The van der Waals surface area contributed by atoms with E-state index >= 15 is 0 Å². The van der Waals surface area contributed by atoms with Gasteiger partial charge in [0.05, 0.1) is 10.8 Å². The van der Waals surface area contributed by atoms with Crippen LogP contribution >= 0.6 is 23.1 Å². The van der Waals surface area contributed by atoms with Gasteiger partial charge in [-0.3, -0.25) is 4.79 Å². The molecule has 3 heterocycles. The second-order valence-corrected chi connectivity index (χ2v) is 7.44. The molecule has 1 aliphatic rings. The molecule has 2 aromatic heterocycles. The number of halogens is 3. The molecule has 1 unspecified atom stereocenters. The Morgan fingerprint density at radius 1 is 1.44 bits per heavy atom. The van der Waals surface area contributed by atoms with E-state index in [0.29, 0.717) is 17.8 Å². The highest BCUT2D eigenvalue weighted by atomic mass is 32.2. The fourth-order valence-corrected chi connectivity index (χ4v) is 4.17. The van der Waals surface area contributed by atoms with Crippen molar-refractivity contribution in [3.05, 3.63) is 16.6 Å². The minimum absolute atomic E-state index is 0.00280. The van der Waals surface area contributed by atoms with E-state index in [1.54, 1.807) is 22.4 Å². The number of amides is 1. The standard InChI is InChI=1S/C13H15F3N6OS2/c14-13(15,16)8-22-12(18-19-20-22)25-7-10(23)21-4-1-2-9(6-21)11-17-3-5-24-11/h3,5,9H,1-2,4,6-8H2. The largest absolute Gasteiger partial charge is 0.408 e. The molecule has 2 aromatic rings.